The molecule has 1 saturated heterocycles. The Labute approximate surface area is 133 Å². The summed E-state index contributed by atoms with van der Waals surface area (Å²) in [5.41, 5.74) is 1.09. The highest BCUT2D eigenvalue weighted by Gasteiger charge is 2.29. The first kappa shape index (κ1) is 15.2. The maximum Gasteiger partial charge on any atom is 0.274 e. The average Bonchev–Trinajstić information content (AvgIpc) is 3.00. The van der Waals surface area contributed by atoms with Gasteiger partial charge in [0.05, 0.1) is 6.54 Å². The summed E-state index contributed by atoms with van der Waals surface area (Å²) in [4.78, 5) is 29.7. The molecule has 23 heavy (non-hydrogen) atoms. The van der Waals surface area contributed by atoms with Gasteiger partial charge in [-0.2, -0.15) is 5.10 Å². The molecule has 0 N–H and O–H groups in total. The van der Waals surface area contributed by atoms with Gasteiger partial charge in [0.25, 0.3) is 11.5 Å². The van der Waals surface area contributed by atoms with E-state index in [2.05, 4.69) is 10.1 Å². The third-order valence-corrected chi connectivity index (χ3v) is 3.78. The van der Waals surface area contributed by atoms with Crippen LogP contribution in [-0.4, -0.2) is 44.8 Å². The van der Waals surface area contributed by atoms with Crippen LogP contribution in [0.4, 0.5) is 0 Å². The lowest BCUT2D eigenvalue weighted by atomic mass is 10.3. The Morgan fingerprint density at radius 3 is 2.83 bits per heavy atom. The summed E-state index contributed by atoms with van der Waals surface area (Å²) in [5.74, 6) is 0.374. The van der Waals surface area contributed by atoms with Crippen LogP contribution >= 0.6 is 0 Å². The number of aromatic nitrogens is 3. The molecule has 120 valence electrons. The maximum absolute atomic E-state index is 12.4. The van der Waals surface area contributed by atoms with Crippen molar-refractivity contribution in [3.63, 3.8) is 0 Å². The smallest absolute Gasteiger partial charge is 0.274 e. The molecule has 3 heterocycles. The molecule has 3 rings (SSSR count). The number of aryl methyl sites for hydroxylation is 2. The van der Waals surface area contributed by atoms with Crippen LogP contribution in [0, 0.1) is 6.92 Å². The van der Waals surface area contributed by atoms with Crippen LogP contribution in [0.1, 0.15) is 22.5 Å². The van der Waals surface area contributed by atoms with Gasteiger partial charge in [-0.15, -0.1) is 0 Å². The highest BCUT2D eigenvalue weighted by molar-refractivity contribution is 5.92. The van der Waals surface area contributed by atoms with Crippen LogP contribution in [0.5, 0.6) is 5.88 Å². The van der Waals surface area contributed by atoms with Crippen LogP contribution < -0.4 is 10.3 Å². The van der Waals surface area contributed by atoms with E-state index in [4.69, 9.17) is 4.74 Å². The zero-order valence-corrected chi connectivity index (χ0v) is 13.1. The molecule has 0 spiro atoms. The lowest BCUT2D eigenvalue weighted by Gasteiger charge is -2.16. The van der Waals surface area contributed by atoms with E-state index < -0.39 is 0 Å². The molecule has 1 amide bonds. The first-order valence-corrected chi connectivity index (χ1v) is 7.46. The molecule has 0 bridgehead atoms. The normalized spacial score (nSPS) is 17.3. The number of rotatable bonds is 3. The van der Waals surface area contributed by atoms with Crippen molar-refractivity contribution in [3.05, 3.63) is 52.1 Å². The van der Waals surface area contributed by atoms with E-state index in [0.29, 0.717) is 19.0 Å². The molecule has 1 aliphatic rings. The summed E-state index contributed by atoms with van der Waals surface area (Å²) in [6, 6.07) is 6.57. The van der Waals surface area contributed by atoms with Gasteiger partial charge in [-0.05, 0) is 18.6 Å². The second-order valence-corrected chi connectivity index (χ2v) is 5.63. The molecule has 1 fully saturated rings. The van der Waals surface area contributed by atoms with Crippen LogP contribution in [-0.2, 0) is 7.05 Å². The van der Waals surface area contributed by atoms with Crippen molar-refractivity contribution in [2.45, 2.75) is 19.4 Å². The molecule has 0 radical (unpaired) electrons. The number of hydrogen-bond acceptors (Lipinski definition) is 5. The fourth-order valence-electron chi connectivity index (χ4n) is 2.48. The van der Waals surface area contributed by atoms with E-state index >= 15 is 0 Å². The SMILES string of the molecule is Cc1ccc(OC2CCN(C(=O)c3ccc(=O)n(C)n3)C2)nc1. The van der Waals surface area contributed by atoms with Crippen molar-refractivity contribution in [2.24, 2.45) is 7.05 Å². The second-order valence-electron chi connectivity index (χ2n) is 5.63. The molecule has 1 atom stereocenters. The number of likely N-dealkylation sites (tertiary alicyclic amines) is 1. The largest absolute Gasteiger partial charge is 0.472 e. The number of carbonyl (C=O) groups is 1. The van der Waals surface area contributed by atoms with E-state index in [9.17, 15) is 9.59 Å². The van der Waals surface area contributed by atoms with Crippen LogP contribution in [0.3, 0.4) is 0 Å². The van der Waals surface area contributed by atoms with E-state index in [1.54, 1.807) is 11.1 Å². The van der Waals surface area contributed by atoms with E-state index in [-0.39, 0.29) is 23.3 Å². The number of amides is 1. The molecule has 0 aromatic carbocycles. The molecule has 0 saturated carbocycles. The Bertz CT molecular complexity index is 770. The second kappa shape index (κ2) is 6.20. The van der Waals surface area contributed by atoms with Crippen molar-refractivity contribution in [2.75, 3.05) is 13.1 Å². The third kappa shape index (κ3) is 3.39. The van der Waals surface area contributed by atoms with Gasteiger partial charge in [0.2, 0.25) is 5.88 Å². The molecule has 7 heteroatoms. The summed E-state index contributed by atoms with van der Waals surface area (Å²) < 4.78 is 6.97. The average molecular weight is 314 g/mol. The Kier molecular flexibility index (Phi) is 4.10. The molecule has 1 aliphatic heterocycles. The monoisotopic (exact) mass is 314 g/mol. The molecule has 0 aliphatic carbocycles. The zero-order valence-electron chi connectivity index (χ0n) is 13.1. The first-order chi connectivity index (χ1) is 11.0. The predicted molar refractivity (Wildman–Crippen MR) is 83.4 cm³/mol. The summed E-state index contributed by atoms with van der Waals surface area (Å²) in [6.07, 6.45) is 2.41. The molecule has 2 aromatic rings. The number of ether oxygens (including phenoxy) is 1. The Morgan fingerprint density at radius 2 is 2.13 bits per heavy atom. The van der Waals surface area contributed by atoms with Gasteiger partial charge in [-0.25, -0.2) is 9.67 Å². The van der Waals surface area contributed by atoms with Crippen LogP contribution in [0.2, 0.25) is 0 Å². The predicted octanol–water partition coefficient (Wildman–Crippen LogP) is 0.777. The summed E-state index contributed by atoms with van der Waals surface area (Å²) in [7, 11) is 1.53. The van der Waals surface area contributed by atoms with Gasteiger partial charge in [0.15, 0.2) is 0 Å². The van der Waals surface area contributed by atoms with Crippen molar-refractivity contribution >= 4 is 5.91 Å². The van der Waals surface area contributed by atoms with Crippen LogP contribution in [0.15, 0.2) is 35.3 Å². The van der Waals surface area contributed by atoms with Crippen molar-refractivity contribution in [3.8, 4) is 5.88 Å². The lowest BCUT2D eigenvalue weighted by molar-refractivity contribution is 0.0763. The quantitative estimate of drug-likeness (QED) is 0.836. The Hall–Kier alpha value is -2.70. The van der Waals surface area contributed by atoms with Crippen molar-refractivity contribution in [1.82, 2.24) is 19.7 Å². The molecule has 7 nitrogen and oxygen atoms in total. The highest BCUT2D eigenvalue weighted by atomic mass is 16.5. The van der Waals surface area contributed by atoms with Crippen LogP contribution in [0.25, 0.3) is 0 Å². The fourth-order valence-corrected chi connectivity index (χ4v) is 2.48. The van der Waals surface area contributed by atoms with Crippen molar-refractivity contribution in [1.29, 1.82) is 0 Å². The maximum atomic E-state index is 12.4. The fraction of sp³-hybridized carbons (Fsp3) is 0.375. The first-order valence-electron chi connectivity index (χ1n) is 7.46. The summed E-state index contributed by atoms with van der Waals surface area (Å²) in [5, 5.41) is 4.00. The number of hydrogen-bond donors (Lipinski definition) is 0. The number of nitrogens with zero attached hydrogens (tertiary/aromatic N) is 4. The van der Waals surface area contributed by atoms with E-state index in [1.807, 2.05) is 19.1 Å². The Morgan fingerprint density at radius 1 is 1.30 bits per heavy atom. The minimum absolute atomic E-state index is 0.0818. The standard InChI is InChI=1S/C16H18N4O3/c1-11-3-5-14(17-9-11)23-12-7-8-20(10-12)16(22)13-4-6-15(21)19(2)18-13/h3-6,9,12H,7-8,10H2,1-2H3. The molecular formula is C16H18N4O3. The van der Waals surface area contributed by atoms with Crippen molar-refractivity contribution < 1.29 is 9.53 Å². The highest BCUT2D eigenvalue weighted by Crippen LogP contribution is 2.18. The Balaban J connectivity index is 1.64. The van der Waals surface area contributed by atoms with Gasteiger partial charge >= 0.3 is 0 Å². The van der Waals surface area contributed by atoms with Gasteiger partial charge in [-0.1, -0.05) is 6.07 Å². The third-order valence-electron chi connectivity index (χ3n) is 3.78. The van der Waals surface area contributed by atoms with Gasteiger partial charge < -0.3 is 9.64 Å². The van der Waals surface area contributed by atoms with Gasteiger partial charge in [0, 0.05) is 38.3 Å². The minimum Gasteiger partial charge on any atom is -0.472 e. The number of pyridine rings is 1. The molecular weight excluding hydrogens is 296 g/mol. The van der Waals surface area contributed by atoms with Gasteiger partial charge in [0.1, 0.15) is 11.8 Å². The topological polar surface area (TPSA) is 77.3 Å². The summed E-state index contributed by atoms with van der Waals surface area (Å²) in [6.45, 7) is 3.05. The molecule has 2 aromatic heterocycles. The lowest BCUT2D eigenvalue weighted by Crippen LogP contribution is -2.33. The summed E-state index contributed by atoms with van der Waals surface area (Å²) >= 11 is 0. The van der Waals surface area contributed by atoms with E-state index in [0.717, 1.165) is 16.7 Å². The number of carbonyl (C=O) groups excluding carboxylic acids is 1. The van der Waals surface area contributed by atoms with Gasteiger partial charge in [-0.3, -0.25) is 9.59 Å². The minimum atomic E-state index is -0.241. The van der Waals surface area contributed by atoms with E-state index in [1.165, 1.54) is 19.2 Å². The molecule has 1 unspecified atom stereocenters. The zero-order chi connectivity index (χ0) is 16.4.